The molecule has 1 aliphatic rings. The van der Waals surface area contributed by atoms with Crippen molar-refractivity contribution in [1.82, 2.24) is 9.80 Å². The number of nitrogens with zero attached hydrogens (tertiary/aromatic N) is 2. The number of β-amino-alcohol motifs (C(OH)–C–C–N with tert-alkyl or cyclic N) is 2. The van der Waals surface area contributed by atoms with Crippen LogP contribution in [-0.4, -0.2) is 51.6 Å². The van der Waals surface area contributed by atoms with Crippen molar-refractivity contribution < 1.29 is 15.0 Å². The van der Waals surface area contributed by atoms with E-state index in [1.54, 1.807) is 0 Å². The van der Waals surface area contributed by atoms with Gasteiger partial charge in [-0.2, -0.15) is 0 Å². The molecule has 14 heavy (non-hydrogen) atoms. The van der Waals surface area contributed by atoms with Crippen molar-refractivity contribution >= 4 is 6.03 Å². The molecule has 0 aromatic rings. The summed E-state index contributed by atoms with van der Waals surface area (Å²) in [5.41, 5.74) is 0. The van der Waals surface area contributed by atoms with Gasteiger partial charge in [0, 0.05) is 13.1 Å². The van der Waals surface area contributed by atoms with Crippen LogP contribution >= 0.6 is 0 Å². The molecule has 1 heterocycles. The third-order valence-corrected chi connectivity index (χ3v) is 2.00. The highest BCUT2D eigenvalue weighted by atomic mass is 16.5. The highest BCUT2D eigenvalue weighted by Gasteiger charge is 2.46. The Hall–Kier alpha value is -1.33. The van der Waals surface area contributed by atoms with E-state index in [0.29, 0.717) is 6.54 Å². The smallest absolute Gasteiger partial charge is 0.325 e. The molecule has 78 valence electrons. The van der Waals surface area contributed by atoms with E-state index >= 15 is 0 Å². The standard InChI is InChI=1S/C9H14N2O3/c1-3-5-10-7-9(13,14)11(6-4-2)8(10)12/h3-4,13-14H,1-2,5-7H2. The molecular formula is C9H14N2O3. The molecule has 2 amide bonds. The van der Waals surface area contributed by atoms with Crippen LogP contribution in [0.5, 0.6) is 0 Å². The SMILES string of the molecule is C=CCN1CC(O)(O)N(CC=C)C1=O. The molecule has 2 N–H and O–H groups in total. The van der Waals surface area contributed by atoms with Crippen molar-refractivity contribution in [2.24, 2.45) is 0 Å². The fraction of sp³-hybridized carbons (Fsp3) is 0.444. The Morgan fingerprint density at radius 3 is 2.43 bits per heavy atom. The first kappa shape index (κ1) is 10.7. The number of urea groups is 1. The molecule has 1 saturated heterocycles. The molecule has 0 bridgehead atoms. The second-order valence-electron chi connectivity index (χ2n) is 3.13. The first-order valence-electron chi connectivity index (χ1n) is 4.26. The summed E-state index contributed by atoms with van der Waals surface area (Å²) in [6, 6.07) is -0.421. The molecule has 1 rings (SSSR count). The van der Waals surface area contributed by atoms with Gasteiger partial charge in [-0.1, -0.05) is 12.2 Å². The van der Waals surface area contributed by atoms with Crippen molar-refractivity contribution in [3.8, 4) is 0 Å². The van der Waals surface area contributed by atoms with Crippen molar-refractivity contribution in [2.75, 3.05) is 19.6 Å². The van der Waals surface area contributed by atoms with Crippen LogP contribution in [0.25, 0.3) is 0 Å². The van der Waals surface area contributed by atoms with Crippen LogP contribution in [-0.2, 0) is 0 Å². The number of aliphatic hydroxyl groups is 2. The fourth-order valence-corrected chi connectivity index (χ4v) is 1.38. The second kappa shape index (κ2) is 3.81. The second-order valence-corrected chi connectivity index (χ2v) is 3.13. The summed E-state index contributed by atoms with van der Waals surface area (Å²) in [5.74, 6) is -2.10. The summed E-state index contributed by atoms with van der Waals surface area (Å²) in [6.45, 7) is 7.20. The summed E-state index contributed by atoms with van der Waals surface area (Å²) < 4.78 is 0. The quantitative estimate of drug-likeness (QED) is 0.483. The predicted molar refractivity (Wildman–Crippen MR) is 51.2 cm³/mol. The zero-order valence-corrected chi connectivity index (χ0v) is 7.89. The monoisotopic (exact) mass is 198 g/mol. The van der Waals surface area contributed by atoms with Gasteiger partial charge < -0.3 is 15.1 Å². The van der Waals surface area contributed by atoms with Crippen molar-refractivity contribution in [1.29, 1.82) is 0 Å². The maximum Gasteiger partial charge on any atom is 0.325 e. The van der Waals surface area contributed by atoms with E-state index in [4.69, 9.17) is 0 Å². The molecule has 0 unspecified atom stereocenters. The van der Waals surface area contributed by atoms with Gasteiger partial charge in [0.25, 0.3) is 5.91 Å². The van der Waals surface area contributed by atoms with Gasteiger partial charge >= 0.3 is 6.03 Å². The normalized spacial score (nSPS) is 20.0. The van der Waals surface area contributed by atoms with Gasteiger partial charge in [-0.3, -0.25) is 4.90 Å². The molecular weight excluding hydrogens is 184 g/mol. The van der Waals surface area contributed by atoms with Gasteiger partial charge in [0.2, 0.25) is 0 Å². The maximum atomic E-state index is 11.5. The maximum absolute atomic E-state index is 11.5. The summed E-state index contributed by atoms with van der Waals surface area (Å²) in [5, 5.41) is 19.0. The van der Waals surface area contributed by atoms with E-state index in [9.17, 15) is 15.0 Å². The summed E-state index contributed by atoms with van der Waals surface area (Å²) in [6.07, 6.45) is 2.97. The molecule has 0 aliphatic carbocycles. The number of rotatable bonds is 4. The van der Waals surface area contributed by atoms with Gasteiger partial charge in [0.05, 0.1) is 6.54 Å². The van der Waals surface area contributed by atoms with Crippen LogP contribution in [0.15, 0.2) is 25.3 Å². The Morgan fingerprint density at radius 2 is 1.93 bits per heavy atom. The molecule has 0 saturated carbocycles. The Labute approximate surface area is 82.5 Å². The van der Waals surface area contributed by atoms with E-state index in [1.165, 1.54) is 17.1 Å². The molecule has 0 atom stereocenters. The lowest BCUT2D eigenvalue weighted by Gasteiger charge is -2.24. The molecule has 0 aromatic heterocycles. The van der Waals surface area contributed by atoms with E-state index in [2.05, 4.69) is 13.2 Å². The van der Waals surface area contributed by atoms with Crippen LogP contribution in [0, 0.1) is 0 Å². The molecule has 5 heteroatoms. The fourth-order valence-electron chi connectivity index (χ4n) is 1.38. The van der Waals surface area contributed by atoms with Gasteiger partial charge in [-0.05, 0) is 0 Å². The molecule has 1 aliphatic heterocycles. The highest BCUT2D eigenvalue weighted by Crippen LogP contribution is 2.21. The van der Waals surface area contributed by atoms with Crippen LogP contribution in [0.3, 0.4) is 0 Å². The van der Waals surface area contributed by atoms with Crippen LogP contribution in [0.4, 0.5) is 4.79 Å². The van der Waals surface area contributed by atoms with Crippen molar-refractivity contribution in [2.45, 2.75) is 5.91 Å². The van der Waals surface area contributed by atoms with Gasteiger partial charge in [-0.25, -0.2) is 4.79 Å². The van der Waals surface area contributed by atoms with Crippen LogP contribution in [0.1, 0.15) is 0 Å². The van der Waals surface area contributed by atoms with E-state index in [1.807, 2.05) is 0 Å². The Bertz CT molecular complexity index is 263. The largest absolute Gasteiger partial charge is 0.347 e. The number of carbonyl (C=O) groups excluding carboxylic acids is 1. The lowest BCUT2D eigenvalue weighted by molar-refractivity contribution is -0.223. The van der Waals surface area contributed by atoms with Gasteiger partial charge in [0.15, 0.2) is 0 Å². The zero-order valence-electron chi connectivity index (χ0n) is 7.89. The van der Waals surface area contributed by atoms with Crippen LogP contribution in [0.2, 0.25) is 0 Å². The summed E-state index contributed by atoms with van der Waals surface area (Å²) in [4.78, 5) is 13.8. The molecule has 0 radical (unpaired) electrons. The Kier molecular flexibility index (Phi) is 2.93. The topological polar surface area (TPSA) is 64.0 Å². The Balaban J connectivity index is 2.79. The van der Waals surface area contributed by atoms with Crippen molar-refractivity contribution in [3.63, 3.8) is 0 Å². The molecule has 5 nitrogen and oxygen atoms in total. The minimum absolute atomic E-state index is 0.111. The third-order valence-electron chi connectivity index (χ3n) is 2.00. The van der Waals surface area contributed by atoms with Crippen LogP contribution < -0.4 is 0 Å². The third kappa shape index (κ3) is 1.78. The van der Waals surface area contributed by atoms with Gasteiger partial charge in [0.1, 0.15) is 0 Å². The Morgan fingerprint density at radius 1 is 1.36 bits per heavy atom. The lowest BCUT2D eigenvalue weighted by atomic mass is 10.4. The van der Waals surface area contributed by atoms with Crippen molar-refractivity contribution in [3.05, 3.63) is 25.3 Å². The van der Waals surface area contributed by atoms with E-state index < -0.39 is 11.9 Å². The zero-order chi connectivity index (χ0) is 10.8. The number of hydrogen-bond acceptors (Lipinski definition) is 3. The average Bonchev–Trinajstić information content (AvgIpc) is 2.30. The average molecular weight is 198 g/mol. The summed E-state index contributed by atoms with van der Waals surface area (Å²) in [7, 11) is 0. The van der Waals surface area contributed by atoms with E-state index in [-0.39, 0.29) is 13.1 Å². The lowest BCUT2D eigenvalue weighted by Crippen LogP contribution is -2.46. The summed E-state index contributed by atoms with van der Waals surface area (Å²) >= 11 is 0. The molecule has 0 spiro atoms. The van der Waals surface area contributed by atoms with E-state index in [0.717, 1.165) is 4.90 Å². The number of amides is 2. The predicted octanol–water partition coefficient (Wildman–Crippen LogP) is -0.266. The molecule has 0 aromatic carbocycles. The highest BCUT2D eigenvalue weighted by molar-refractivity contribution is 5.77. The minimum atomic E-state index is -2.10. The first-order valence-corrected chi connectivity index (χ1v) is 4.26. The molecule has 1 fully saturated rings. The number of carbonyl (C=O) groups is 1. The first-order chi connectivity index (χ1) is 6.53. The number of hydrogen-bond donors (Lipinski definition) is 2. The van der Waals surface area contributed by atoms with Gasteiger partial charge in [-0.15, -0.1) is 13.2 Å². The minimum Gasteiger partial charge on any atom is -0.347 e.